The lowest BCUT2D eigenvalue weighted by molar-refractivity contribution is 0.103. The van der Waals surface area contributed by atoms with Crippen LogP contribution in [0.15, 0.2) is 116 Å². The Bertz CT molecular complexity index is 1090. The van der Waals surface area contributed by atoms with Crippen LogP contribution >= 0.6 is 0 Å². The summed E-state index contributed by atoms with van der Waals surface area (Å²) in [5.74, 6) is 0.0498. The fourth-order valence-corrected chi connectivity index (χ4v) is 3.86. The molecule has 0 saturated carbocycles. The fourth-order valence-electron chi connectivity index (χ4n) is 3.86. The maximum Gasteiger partial charge on any atom is 0.193 e. The lowest BCUT2D eigenvalue weighted by Gasteiger charge is -2.26. The van der Waals surface area contributed by atoms with Crippen LogP contribution in [0.25, 0.3) is 5.57 Å². The molecule has 4 rings (SSSR count). The summed E-state index contributed by atoms with van der Waals surface area (Å²) in [6.45, 7) is 8.69. The van der Waals surface area contributed by atoms with Crippen molar-refractivity contribution in [2.24, 2.45) is 0 Å². The van der Waals surface area contributed by atoms with E-state index in [2.05, 4.69) is 69.0 Å². The quantitative estimate of drug-likeness (QED) is 0.309. The predicted octanol–water partition coefficient (Wildman–Crippen LogP) is 7.31. The Morgan fingerprint density at radius 2 is 0.903 bits per heavy atom. The maximum absolute atomic E-state index is 12.7. The minimum absolute atomic E-state index is 0.0498. The lowest BCUT2D eigenvalue weighted by Crippen LogP contribution is -2.19. The van der Waals surface area contributed by atoms with Gasteiger partial charge in [0.25, 0.3) is 0 Å². The first-order valence-electron chi connectivity index (χ1n) is 10.5. The first-order chi connectivity index (χ1) is 15.0. The van der Waals surface area contributed by atoms with Gasteiger partial charge in [-0.3, -0.25) is 4.79 Å². The zero-order chi connectivity index (χ0) is 21.8. The molecule has 1 nitrogen and oxygen atoms in total. The van der Waals surface area contributed by atoms with Crippen molar-refractivity contribution in [1.29, 1.82) is 0 Å². The largest absolute Gasteiger partial charge is 0.289 e. The van der Waals surface area contributed by atoms with Gasteiger partial charge in [0.2, 0.25) is 0 Å². The minimum Gasteiger partial charge on any atom is -0.289 e. The molecule has 0 atom stereocenters. The number of benzene rings is 4. The summed E-state index contributed by atoms with van der Waals surface area (Å²) < 4.78 is 0. The van der Waals surface area contributed by atoms with E-state index in [4.69, 9.17) is 0 Å². The van der Waals surface area contributed by atoms with Gasteiger partial charge in [0.05, 0.1) is 0 Å². The number of hydrogen-bond acceptors (Lipinski definition) is 1. The molecular formula is C30H26O. The lowest BCUT2D eigenvalue weighted by atomic mass is 9.77. The third kappa shape index (κ3) is 4.27. The molecule has 0 saturated heterocycles. The second kappa shape index (κ2) is 8.57. The van der Waals surface area contributed by atoms with Crippen molar-refractivity contribution in [1.82, 2.24) is 0 Å². The summed E-state index contributed by atoms with van der Waals surface area (Å²) in [5.41, 5.74) is 6.91. The van der Waals surface area contributed by atoms with Gasteiger partial charge in [-0.15, -0.1) is 0 Å². The molecule has 0 radical (unpaired) electrons. The van der Waals surface area contributed by atoms with Gasteiger partial charge < -0.3 is 0 Å². The molecule has 0 N–H and O–H groups in total. The van der Waals surface area contributed by atoms with E-state index in [1.165, 1.54) is 11.1 Å². The highest BCUT2D eigenvalue weighted by molar-refractivity contribution is 6.08. The molecule has 0 aromatic heterocycles. The molecule has 0 aliphatic carbocycles. The van der Waals surface area contributed by atoms with Crippen LogP contribution in [0.5, 0.6) is 0 Å². The molecule has 4 aromatic carbocycles. The number of carbonyl (C=O) groups excluding carboxylic acids is 1. The number of rotatable bonds is 6. The zero-order valence-electron chi connectivity index (χ0n) is 18.0. The third-order valence-corrected chi connectivity index (χ3v) is 5.98. The minimum atomic E-state index is -0.180. The van der Waals surface area contributed by atoms with Gasteiger partial charge in [-0.2, -0.15) is 0 Å². The molecule has 31 heavy (non-hydrogen) atoms. The first-order valence-corrected chi connectivity index (χ1v) is 10.5. The normalized spacial score (nSPS) is 11.2. The molecule has 152 valence electrons. The van der Waals surface area contributed by atoms with E-state index < -0.39 is 0 Å². The van der Waals surface area contributed by atoms with E-state index in [0.29, 0.717) is 11.1 Å². The molecule has 0 amide bonds. The Labute approximate surface area is 184 Å². The van der Waals surface area contributed by atoms with E-state index in [0.717, 1.165) is 16.7 Å². The van der Waals surface area contributed by atoms with E-state index in [1.54, 1.807) is 0 Å². The van der Waals surface area contributed by atoms with E-state index in [1.807, 2.05) is 60.7 Å². The second-order valence-corrected chi connectivity index (χ2v) is 8.32. The number of hydrogen-bond donors (Lipinski definition) is 0. The summed E-state index contributed by atoms with van der Waals surface area (Å²) in [4.78, 5) is 12.7. The van der Waals surface area contributed by atoms with E-state index in [-0.39, 0.29) is 11.2 Å². The van der Waals surface area contributed by atoms with Crippen LogP contribution in [0.3, 0.4) is 0 Å². The molecule has 0 spiro atoms. The third-order valence-electron chi connectivity index (χ3n) is 5.98. The molecule has 1 heteroatoms. The molecule has 0 bridgehead atoms. The summed E-state index contributed by atoms with van der Waals surface area (Å²) >= 11 is 0. The highest BCUT2D eigenvalue weighted by Crippen LogP contribution is 2.33. The van der Waals surface area contributed by atoms with Crippen molar-refractivity contribution in [2.45, 2.75) is 19.3 Å². The highest BCUT2D eigenvalue weighted by Gasteiger charge is 2.23. The summed E-state index contributed by atoms with van der Waals surface area (Å²) in [6.07, 6.45) is 0. The van der Waals surface area contributed by atoms with Gasteiger partial charge in [-0.25, -0.2) is 0 Å². The van der Waals surface area contributed by atoms with Crippen molar-refractivity contribution in [3.63, 3.8) is 0 Å². The average Bonchev–Trinajstić information content (AvgIpc) is 2.84. The predicted molar refractivity (Wildman–Crippen MR) is 129 cm³/mol. The Kier molecular flexibility index (Phi) is 5.68. The Hall–Kier alpha value is -3.71. The second-order valence-electron chi connectivity index (χ2n) is 8.32. The van der Waals surface area contributed by atoms with Crippen LogP contribution in [0.4, 0.5) is 0 Å². The Balaban J connectivity index is 1.55. The van der Waals surface area contributed by atoms with Gasteiger partial charge in [0.15, 0.2) is 5.78 Å². The number of carbonyl (C=O) groups is 1. The van der Waals surface area contributed by atoms with Gasteiger partial charge in [-0.05, 0) is 27.8 Å². The molecule has 0 aliphatic rings. The van der Waals surface area contributed by atoms with Crippen LogP contribution in [0.2, 0.25) is 0 Å². The maximum atomic E-state index is 12.7. The van der Waals surface area contributed by atoms with E-state index in [9.17, 15) is 4.79 Å². The van der Waals surface area contributed by atoms with Crippen molar-refractivity contribution < 1.29 is 4.79 Å². The van der Waals surface area contributed by atoms with Gasteiger partial charge in [0, 0.05) is 16.5 Å². The molecule has 0 aliphatic heterocycles. The van der Waals surface area contributed by atoms with E-state index >= 15 is 0 Å². The topological polar surface area (TPSA) is 17.1 Å². The molecule has 0 unspecified atom stereocenters. The van der Waals surface area contributed by atoms with Crippen LogP contribution in [0, 0.1) is 0 Å². The summed E-state index contributed by atoms with van der Waals surface area (Å²) in [7, 11) is 0. The van der Waals surface area contributed by atoms with Crippen LogP contribution < -0.4 is 0 Å². The van der Waals surface area contributed by atoms with Crippen LogP contribution in [-0.4, -0.2) is 5.78 Å². The van der Waals surface area contributed by atoms with Crippen molar-refractivity contribution in [3.05, 3.63) is 149 Å². The highest BCUT2D eigenvalue weighted by atomic mass is 16.1. The van der Waals surface area contributed by atoms with Crippen molar-refractivity contribution in [3.8, 4) is 0 Å². The van der Waals surface area contributed by atoms with Crippen molar-refractivity contribution in [2.75, 3.05) is 0 Å². The first kappa shape index (κ1) is 20.6. The zero-order valence-corrected chi connectivity index (χ0v) is 18.0. The molecule has 0 fully saturated rings. The standard InChI is InChI=1S/C30H26O/c1-22(23-10-6-4-7-11-23)24-14-18-27(19-15-24)30(2,3)28-20-16-26(17-21-28)29(31)25-12-8-5-9-13-25/h4-21H,1H2,2-3H3. The fraction of sp³-hybridized carbons (Fsp3) is 0.100. The Morgan fingerprint density at radius 3 is 1.39 bits per heavy atom. The van der Waals surface area contributed by atoms with Crippen LogP contribution in [0.1, 0.15) is 52.0 Å². The molecular weight excluding hydrogens is 376 g/mol. The SMILES string of the molecule is C=C(c1ccccc1)c1ccc(C(C)(C)c2ccc(C(=O)c3ccccc3)cc2)cc1. The monoisotopic (exact) mass is 402 g/mol. The van der Waals surface area contributed by atoms with Gasteiger partial charge >= 0.3 is 0 Å². The summed E-state index contributed by atoms with van der Waals surface area (Å²) in [6, 6.07) is 36.3. The van der Waals surface area contributed by atoms with Crippen LogP contribution in [-0.2, 0) is 5.41 Å². The summed E-state index contributed by atoms with van der Waals surface area (Å²) in [5, 5.41) is 0. The van der Waals surface area contributed by atoms with Gasteiger partial charge in [0.1, 0.15) is 0 Å². The number of ketones is 1. The smallest absolute Gasteiger partial charge is 0.193 e. The molecule has 4 aromatic rings. The average molecular weight is 403 g/mol. The van der Waals surface area contributed by atoms with Crippen molar-refractivity contribution >= 4 is 11.4 Å². The molecule has 0 heterocycles. The Morgan fingerprint density at radius 1 is 0.548 bits per heavy atom. The van der Waals surface area contributed by atoms with Gasteiger partial charge in [-0.1, -0.05) is 130 Å².